The van der Waals surface area contributed by atoms with Gasteiger partial charge in [0.2, 0.25) is 5.91 Å². The van der Waals surface area contributed by atoms with Crippen molar-refractivity contribution in [3.8, 4) is 5.75 Å². The van der Waals surface area contributed by atoms with E-state index < -0.39 is 10.8 Å². The molecule has 23 heavy (non-hydrogen) atoms. The molecule has 0 spiro atoms. The van der Waals surface area contributed by atoms with Crippen LogP contribution in [-0.2, 0) is 4.79 Å². The predicted molar refractivity (Wildman–Crippen MR) is 85.3 cm³/mol. The molecule has 1 amide bonds. The lowest BCUT2D eigenvalue weighted by Crippen LogP contribution is -2.09. The summed E-state index contributed by atoms with van der Waals surface area (Å²) in [6.45, 7) is 2.55. The quantitative estimate of drug-likeness (QED) is 0.478. The molecule has 1 aromatic carbocycles. The van der Waals surface area contributed by atoms with Crippen LogP contribution in [0.15, 0.2) is 46.9 Å². The van der Waals surface area contributed by atoms with Crippen molar-refractivity contribution >= 4 is 23.6 Å². The Morgan fingerprint density at radius 2 is 2.13 bits per heavy atom. The lowest BCUT2D eigenvalue weighted by Gasteiger charge is -2.10. The average molecular weight is 316 g/mol. The molecule has 0 atom stereocenters. The van der Waals surface area contributed by atoms with Gasteiger partial charge in [-0.2, -0.15) is 0 Å². The zero-order chi connectivity index (χ0) is 16.7. The second-order valence-electron chi connectivity index (χ2n) is 4.60. The molecule has 2 aromatic rings. The summed E-state index contributed by atoms with van der Waals surface area (Å²) >= 11 is 0. The Labute approximate surface area is 132 Å². The normalized spacial score (nSPS) is 10.7. The molecule has 0 radical (unpaired) electrons. The largest absolute Gasteiger partial charge is 0.491 e. The molecule has 0 bridgehead atoms. The Kier molecular flexibility index (Phi) is 5.51. The molecule has 7 nitrogen and oxygen atoms in total. The maximum atomic E-state index is 11.9. The molecular weight excluding hydrogens is 300 g/mol. The first kappa shape index (κ1) is 16.3. The summed E-state index contributed by atoms with van der Waals surface area (Å²) in [5.41, 5.74) is 0.557. The molecule has 1 aromatic heterocycles. The number of hydrogen-bond acceptors (Lipinski definition) is 5. The van der Waals surface area contributed by atoms with E-state index in [1.54, 1.807) is 18.2 Å². The van der Waals surface area contributed by atoms with Crippen molar-refractivity contribution < 1.29 is 18.9 Å². The fraction of sp³-hybridized carbons (Fsp3) is 0.188. The van der Waals surface area contributed by atoms with Gasteiger partial charge >= 0.3 is 5.88 Å². The number of carbonyl (C=O) groups is 1. The van der Waals surface area contributed by atoms with Crippen LogP contribution in [0.3, 0.4) is 0 Å². The number of benzene rings is 1. The first-order valence-electron chi connectivity index (χ1n) is 7.05. The van der Waals surface area contributed by atoms with E-state index in [-0.39, 0.29) is 11.6 Å². The molecule has 0 aliphatic heterocycles. The van der Waals surface area contributed by atoms with Crippen molar-refractivity contribution in [3.63, 3.8) is 0 Å². The Bertz CT molecular complexity index is 721. The van der Waals surface area contributed by atoms with E-state index in [0.29, 0.717) is 18.0 Å². The van der Waals surface area contributed by atoms with Gasteiger partial charge in [0.1, 0.15) is 16.4 Å². The van der Waals surface area contributed by atoms with Crippen LogP contribution < -0.4 is 10.1 Å². The molecule has 7 heteroatoms. The summed E-state index contributed by atoms with van der Waals surface area (Å²) in [5, 5.41) is 13.2. The van der Waals surface area contributed by atoms with E-state index in [9.17, 15) is 14.9 Å². The average Bonchev–Trinajstić information content (AvgIpc) is 3.01. The van der Waals surface area contributed by atoms with Crippen molar-refractivity contribution in [1.29, 1.82) is 0 Å². The standard InChI is InChI=1S/C16H16N2O5/c1-2-11-22-14-6-4-3-5-13(14)17-15(19)9-7-12-8-10-16(23-12)18(20)21/h3-10H,2,11H2,1H3,(H,17,19)/b9-7+. The lowest BCUT2D eigenvalue weighted by atomic mass is 10.3. The van der Waals surface area contributed by atoms with Crippen LogP contribution in [0.4, 0.5) is 11.6 Å². The summed E-state index contributed by atoms with van der Waals surface area (Å²) in [4.78, 5) is 21.8. The number of rotatable bonds is 7. The number of nitro groups is 1. The second-order valence-corrected chi connectivity index (χ2v) is 4.60. The van der Waals surface area contributed by atoms with Crippen LogP contribution in [-0.4, -0.2) is 17.4 Å². The third kappa shape index (κ3) is 4.70. The van der Waals surface area contributed by atoms with Gasteiger partial charge in [0.25, 0.3) is 0 Å². The zero-order valence-corrected chi connectivity index (χ0v) is 12.5. The highest BCUT2D eigenvalue weighted by Gasteiger charge is 2.10. The maximum absolute atomic E-state index is 11.9. The van der Waals surface area contributed by atoms with E-state index in [1.165, 1.54) is 24.3 Å². The highest BCUT2D eigenvalue weighted by Crippen LogP contribution is 2.24. The predicted octanol–water partition coefficient (Wildman–Crippen LogP) is 3.63. The molecule has 0 aliphatic carbocycles. The number of nitrogens with zero attached hydrogens (tertiary/aromatic N) is 1. The summed E-state index contributed by atoms with van der Waals surface area (Å²) in [7, 11) is 0. The minimum atomic E-state index is -0.640. The smallest absolute Gasteiger partial charge is 0.433 e. The highest BCUT2D eigenvalue weighted by atomic mass is 16.6. The summed E-state index contributed by atoms with van der Waals surface area (Å²) in [6, 6.07) is 9.75. The Balaban J connectivity index is 2.01. The molecule has 120 valence electrons. The van der Waals surface area contributed by atoms with E-state index >= 15 is 0 Å². The number of ether oxygens (including phenoxy) is 1. The number of carbonyl (C=O) groups excluding carboxylic acids is 1. The number of hydrogen-bond donors (Lipinski definition) is 1. The topological polar surface area (TPSA) is 94.6 Å². The van der Waals surface area contributed by atoms with Crippen molar-refractivity contribution in [2.45, 2.75) is 13.3 Å². The minimum absolute atomic E-state index is 0.224. The monoisotopic (exact) mass is 316 g/mol. The van der Waals surface area contributed by atoms with Gasteiger partial charge in [-0.25, -0.2) is 0 Å². The molecule has 0 unspecified atom stereocenters. The first-order valence-corrected chi connectivity index (χ1v) is 7.05. The van der Waals surface area contributed by atoms with Crippen LogP contribution in [0, 0.1) is 10.1 Å². The molecule has 1 N–H and O–H groups in total. The van der Waals surface area contributed by atoms with Crippen molar-refractivity contribution in [3.05, 3.63) is 58.3 Å². The minimum Gasteiger partial charge on any atom is -0.491 e. The maximum Gasteiger partial charge on any atom is 0.433 e. The molecule has 2 rings (SSSR count). The third-order valence-corrected chi connectivity index (χ3v) is 2.80. The fourth-order valence-electron chi connectivity index (χ4n) is 1.77. The number of anilines is 1. The molecule has 0 saturated carbocycles. The van der Waals surface area contributed by atoms with Crippen LogP contribution in [0.1, 0.15) is 19.1 Å². The van der Waals surface area contributed by atoms with Crippen LogP contribution in [0.25, 0.3) is 6.08 Å². The first-order chi connectivity index (χ1) is 11.1. The zero-order valence-electron chi connectivity index (χ0n) is 12.5. The summed E-state index contributed by atoms with van der Waals surface area (Å²) in [5.74, 6) is 0.0482. The van der Waals surface area contributed by atoms with Crippen LogP contribution >= 0.6 is 0 Å². The Morgan fingerprint density at radius 3 is 2.83 bits per heavy atom. The molecule has 0 fully saturated rings. The van der Waals surface area contributed by atoms with Crippen molar-refractivity contribution in [2.75, 3.05) is 11.9 Å². The molecule has 0 aliphatic rings. The van der Waals surface area contributed by atoms with Gasteiger partial charge in [0.05, 0.1) is 18.4 Å². The number of para-hydroxylation sites is 2. The van der Waals surface area contributed by atoms with E-state index in [0.717, 1.165) is 6.42 Å². The summed E-state index contributed by atoms with van der Waals surface area (Å²) < 4.78 is 10.5. The SMILES string of the molecule is CCCOc1ccccc1NC(=O)/C=C/c1ccc([N+](=O)[O-])o1. The van der Waals surface area contributed by atoms with E-state index in [4.69, 9.17) is 9.15 Å². The Hall–Kier alpha value is -3.09. The van der Waals surface area contributed by atoms with Gasteiger partial charge in [-0.1, -0.05) is 19.1 Å². The van der Waals surface area contributed by atoms with E-state index in [2.05, 4.69) is 5.32 Å². The van der Waals surface area contributed by atoms with Crippen LogP contribution in [0.2, 0.25) is 0 Å². The van der Waals surface area contributed by atoms with Gasteiger partial charge < -0.3 is 14.5 Å². The van der Waals surface area contributed by atoms with Crippen molar-refractivity contribution in [1.82, 2.24) is 0 Å². The van der Waals surface area contributed by atoms with Gasteiger partial charge in [0.15, 0.2) is 0 Å². The van der Waals surface area contributed by atoms with Gasteiger partial charge in [0, 0.05) is 6.08 Å². The summed E-state index contributed by atoms with van der Waals surface area (Å²) in [6.07, 6.45) is 3.45. The van der Waals surface area contributed by atoms with Crippen LogP contribution in [0.5, 0.6) is 5.75 Å². The molecular formula is C16H16N2O5. The molecule has 0 saturated heterocycles. The number of amides is 1. The fourth-order valence-corrected chi connectivity index (χ4v) is 1.77. The van der Waals surface area contributed by atoms with Gasteiger partial charge in [-0.15, -0.1) is 0 Å². The number of nitrogens with one attached hydrogen (secondary N) is 1. The Morgan fingerprint density at radius 1 is 1.35 bits per heavy atom. The van der Waals surface area contributed by atoms with Gasteiger partial charge in [-0.05, 0) is 30.7 Å². The lowest BCUT2D eigenvalue weighted by molar-refractivity contribution is -0.402. The van der Waals surface area contributed by atoms with Gasteiger partial charge in [-0.3, -0.25) is 14.9 Å². The second kappa shape index (κ2) is 7.79. The third-order valence-electron chi connectivity index (χ3n) is 2.80. The number of furan rings is 1. The highest BCUT2D eigenvalue weighted by molar-refractivity contribution is 6.02. The van der Waals surface area contributed by atoms with Crippen molar-refractivity contribution in [2.24, 2.45) is 0 Å². The molecule has 1 heterocycles. The van der Waals surface area contributed by atoms with E-state index in [1.807, 2.05) is 13.0 Å².